The summed E-state index contributed by atoms with van der Waals surface area (Å²) in [6.07, 6.45) is 5.71. The van der Waals surface area contributed by atoms with E-state index in [-0.39, 0.29) is 0 Å². The zero-order valence-electron chi connectivity index (χ0n) is 10.0. The SMILES string of the molecule is Clc1cnc(CN2CCCc3ccccc32)cn1. The van der Waals surface area contributed by atoms with E-state index in [1.54, 1.807) is 12.4 Å². The number of fused-ring (bicyclic) bond motifs is 1. The van der Waals surface area contributed by atoms with Crippen molar-refractivity contribution in [1.82, 2.24) is 9.97 Å². The van der Waals surface area contributed by atoms with E-state index in [0.29, 0.717) is 5.15 Å². The van der Waals surface area contributed by atoms with Crippen LogP contribution in [0.2, 0.25) is 5.15 Å². The number of nitrogens with zero attached hydrogens (tertiary/aromatic N) is 3. The van der Waals surface area contributed by atoms with Gasteiger partial charge in [0.05, 0.1) is 24.6 Å². The van der Waals surface area contributed by atoms with Crippen LogP contribution in [0.1, 0.15) is 17.7 Å². The maximum atomic E-state index is 5.75. The lowest BCUT2D eigenvalue weighted by Gasteiger charge is -2.30. The molecule has 0 spiro atoms. The molecule has 0 saturated carbocycles. The number of halogens is 1. The van der Waals surface area contributed by atoms with Gasteiger partial charge < -0.3 is 4.90 Å². The molecule has 0 bridgehead atoms. The summed E-state index contributed by atoms with van der Waals surface area (Å²) in [7, 11) is 0. The minimum absolute atomic E-state index is 0.442. The van der Waals surface area contributed by atoms with Crippen molar-refractivity contribution in [1.29, 1.82) is 0 Å². The molecule has 0 radical (unpaired) electrons. The Hall–Kier alpha value is -1.61. The standard InChI is InChI=1S/C14H14ClN3/c15-14-9-16-12(8-17-14)10-18-7-3-5-11-4-1-2-6-13(11)18/h1-2,4,6,8-9H,3,5,7,10H2. The maximum absolute atomic E-state index is 5.75. The van der Waals surface area contributed by atoms with Gasteiger partial charge in [0.1, 0.15) is 5.15 Å². The Balaban J connectivity index is 1.84. The molecule has 0 amide bonds. The lowest BCUT2D eigenvalue weighted by molar-refractivity contribution is 0.682. The molecule has 1 aromatic carbocycles. The van der Waals surface area contributed by atoms with Gasteiger partial charge in [-0.15, -0.1) is 0 Å². The normalized spacial score (nSPS) is 14.4. The first-order valence-corrected chi connectivity index (χ1v) is 6.50. The number of anilines is 1. The van der Waals surface area contributed by atoms with Crippen molar-refractivity contribution in [3.05, 3.63) is 53.1 Å². The van der Waals surface area contributed by atoms with Crippen molar-refractivity contribution in [3.8, 4) is 0 Å². The van der Waals surface area contributed by atoms with Gasteiger partial charge in [0.15, 0.2) is 0 Å². The van der Waals surface area contributed by atoms with Gasteiger partial charge in [0.25, 0.3) is 0 Å². The zero-order valence-corrected chi connectivity index (χ0v) is 10.8. The number of para-hydroxylation sites is 1. The second-order valence-corrected chi connectivity index (χ2v) is 4.87. The summed E-state index contributed by atoms with van der Waals surface area (Å²) in [5.74, 6) is 0. The first-order valence-electron chi connectivity index (χ1n) is 6.12. The summed E-state index contributed by atoms with van der Waals surface area (Å²) >= 11 is 5.75. The zero-order chi connectivity index (χ0) is 12.4. The number of benzene rings is 1. The van der Waals surface area contributed by atoms with E-state index < -0.39 is 0 Å². The highest BCUT2D eigenvalue weighted by Gasteiger charge is 2.16. The Morgan fingerprint density at radius 3 is 2.89 bits per heavy atom. The van der Waals surface area contributed by atoms with Crippen molar-refractivity contribution in [2.24, 2.45) is 0 Å². The van der Waals surface area contributed by atoms with Crippen LogP contribution in [0.5, 0.6) is 0 Å². The molecule has 0 aliphatic carbocycles. The first kappa shape index (κ1) is 11.5. The van der Waals surface area contributed by atoms with E-state index in [1.807, 2.05) is 0 Å². The highest BCUT2D eigenvalue weighted by atomic mass is 35.5. The molecule has 0 N–H and O–H groups in total. The molecule has 92 valence electrons. The van der Waals surface area contributed by atoms with Gasteiger partial charge in [0.2, 0.25) is 0 Å². The second-order valence-electron chi connectivity index (χ2n) is 4.48. The largest absolute Gasteiger partial charge is 0.365 e. The maximum Gasteiger partial charge on any atom is 0.147 e. The number of aromatic nitrogens is 2. The van der Waals surface area contributed by atoms with E-state index >= 15 is 0 Å². The van der Waals surface area contributed by atoms with Crippen LogP contribution in [-0.4, -0.2) is 16.5 Å². The summed E-state index contributed by atoms with van der Waals surface area (Å²) in [5.41, 5.74) is 3.70. The van der Waals surface area contributed by atoms with Gasteiger partial charge in [0, 0.05) is 12.2 Å². The highest BCUT2D eigenvalue weighted by Crippen LogP contribution is 2.27. The van der Waals surface area contributed by atoms with Gasteiger partial charge in [-0.1, -0.05) is 29.8 Å². The third kappa shape index (κ3) is 2.31. The molecule has 18 heavy (non-hydrogen) atoms. The number of hydrogen-bond acceptors (Lipinski definition) is 3. The average Bonchev–Trinajstić information content (AvgIpc) is 2.42. The molecule has 4 heteroatoms. The smallest absolute Gasteiger partial charge is 0.147 e. The van der Waals surface area contributed by atoms with Crippen LogP contribution in [0.25, 0.3) is 0 Å². The molecule has 3 rings (SSSR count). The predicted molar refractivity (Wildman–Crippen MR) is 72.9 cm³/mol. The van der Waals surface area contributed by atoms with Crippen molar-refractivity contribution in [2.45, 2.75) is 19.4 Å². The fraction of sp³-hybridized carbons (Fsp3) is 0.286. The summed E-state index contributed by atoms with van der Waals surface area (Å²) < 4.78 is 0. The summed E-state index contributed by atoms with van der Waals surface area (Å²) in [6.45, 7) is 1.86. The van der Waals surface area contributed by atoms with Crippen molar-refractivity contribution >= 4 is 17.3 Å². The molecular formula is C14H14ClN3. The molecule has 1 aromatic heterocycles. The average molecular weight is 260 g/mol. The van der Waals surface area contributed by atoms with Gasteiger partial charge in [-0.05, 0) is 24.5 Å². The molecular weight excluding hydrogens is 246 g/mol. The number of hydrogen-bond donors (Lipinski definition) is 0. The Kier molecular flexibility index (Phi) is 3.15. The third-order valence-corrected chi connectivity index (χ3v) is 3.43. The van der Waals surface area contributed by atoms with E-state index in [1.165, 1.54) is 24.1 Å². The van der Waals surface area contributed by atoms with Gasteiger partial charge in [-0.3, -0.25) is 4.98 Å². The van der Waals surface area contributed by atoms with Gasteiger partial charge >= 0.3 is 0 Å². The fourth-order valence-corrected chi connectivity index (χ4v) is 2.49. The van der Waals surface area contributed by atoms with Crippen molar-refractivity contribution < 1.29 is 0 Å². The van der Waals surface area contributed by atoms with E-state index in [2.05, 4.69) is 39.1 Å². The Labute approximate surface area is 111 Å². The van der Waals surface area contributed by atoms with Crippen LogP contribution >= 0.6 is 11.6 Å². The first-order chi connectivity index (χ1) is 8.83. The minimum Gasteiger partial charge on any atom is -0.365 e. The lowest BCUT2D eigenvalue weighted by Crippen LogP contribution is -2.29. The summed E-state index contributed by atoms with van der Waals surface area (Å²) in [4.78, 5) is 10.7. The highest BCUT2D eigenvalue weighted by molar-refractivity contribution is 6.29. The van der Waals surface area contributed by atoms with E-state index in [4.69, 9.17) is 11.6 Å². The molecule has 2 heterocycles. The summed E-state index contributed by atoms with van der Waals surface area (Å²) in [6, 6.07) is 8.57. The van der Waals surface area contributed by atoms with Gasteiger partial charge in [-0.2, -0.15) is 0 Å². The van der Waals surface area contributed by atoms with Gasteiger partial charge in [-0.25, -0.2) is 4.98 Å². The van der Waals surface area contributed by atoms with Crippen molar-refractivity contribution in [3.63, 3.8) is 0 Å². The minimum atomic E-state index is 0.442. The molecule has 2 aromatic rings. The van der Waals surface area contributed by atoms with E-state index in [9.17, 15) is 0 Å². The molecule has 1 aliphatic heterocycles. The quantitative estimate of drug-likeness (QED) is 0.830. The predicted octanol–water partition coefficient (Wildman–Crippen LogP) is 3.08. The van der Waals surface area contributed by atoms with E-state index in [0.717, 1.165) is 18.8 Å². The number of aryl methyl sites for hydroxylation is 1. The van der Waals surface area contributed by atoms with Crippen LogP contribution < -0.4 is 4.90 Å². The topological polar surface area (TPSA) is 29.0 Å². The molecule has 0 saturated heterocycles. The molecule has 1 aliphatic rings. The Morgan fingerprint density at radius 2 is 2.06 bits per heavy atom. The molecule has 0 unspecified atom stereocenters. The Bertz CT molecular complexity index is 539. The number of rotatable bonds is 2. The van der Waals surface area contributed by atoms with Crippen LogP contribution in [0.3, 0.4) is 0 Å². The fourth-order valence-electron chi connectivity index (χ4n) is 2.39. The van der Waals surface area contributed by atoms with Crippen LogP contribution in [0.4, 0.5) is 5.69 Å². The second kappa shape index (κ2) is 4.94. The van der Waals surface area contributed by atoms with Crippen LogP contribution in [0.15, 0.2) is 36.7 Å². The Morgan fingerprint density at radius 1 is 1.17 bits per heavy atom. The van der Waals surface area contributed by atoms with Crippen LogP contribution in [0, 0.1) is 0 Å². The molecule has 3 nitrogen and oxygen atoms in total. The lowest BCUT2D eigenvalue weighted by atomic mass is 10.0. The molecule has 0 fully saturated rings. The van der Waals surface area contributed by atoms with Crippen LogP contribution in [-0.2, 0) is 13.0 Å². The monoisotopic (exact) mass is 259 g/mol. The molecule has 0 atom stereocenters. The van der Waals surface area contributed by atoms with Crippen molar-refractivity contribution in [2.75, 3.05) is 11.4 Å². The summed E-state index contributed by atoms with van der Waals surface area (Å²) in [5, 5.41) is 0.442. The third-order valence-electron chi connectivity index (χ3n) is 3.23.